The van der Waals surface area contributed by atoms with E-state index in [1.165, 1.54) is 0 Å². The number of nitrogens with zero attached hydrogens (tertiary/aromatic N) is 2. The van der Waals surface area contributed by atoms with Crippen molar-refractivity contribution in [2.75, 3.05) is 26.9 Å². The van der Waals surface area contributed by atoms with E-state index in [0.29, 0.717) is 38.0 Å². The highest BCUT2D eigenvalue weighted by atomic mass is 16.5. The Kier molecular flexibility index (Phi) is 8.41. The summed E-state index contributed by atoms with van der Waals surface area (Å²) in [5, 5.41) is 3.98. The minimum atomic E-state index is 0.254. The Hall–Kier alpha value is -0.980. The summed E-state index contributed by atoms with van der Waals surface area (Å²) in [6, 6.07) is 0.254. The van der Waals surface area contributed by atoms with Crippen LogP contribution in [0.3, 0.4) is 0 Å². The number of ether oxygens (including phenoxy) is 2. The van der Waals surface area contributed by atoms with Crippen molar-refractivity contribution in [3.05, 3.63) is 11.7 Å². The van der Waals surface area contributed by atoms with E-state index in [1.54, 1.807) is 7.11 Å². The first-order valence-corrected chi connectivity index (χ1v) is 7.28. The van der Waals surface area contributed by atoms with Gasteiger partial charge < -0.3 is 19.7 Å². The molecular weight excluding hydrogens is 258 g/mol. The van der Waals surface area contributed by atoms with Crippen molar-refractivity contribution >= 4 is 0 Å². The smallest absolute Gasteiger partial charge is 0.229 e. The molecule has 6 nitrogen and oxygen atoms in total. The van der Waals surface area contributed by atoms with E-state index in [2.05, 4.69) is 17.1 Å². The quantitative estimate of drug-likeness (QED) is 0.625. The Morgan fingerprint density at radius 3 is 2.70 bits per heavy atom. The third-order valence-electron chi connectivity index (χ3n) is 3.10. The van der Waals surface area contributed by atoms with Crippen LogP contribution >= 0.6 is 0 Å². The van der Waals surface area contributed by atoms with Crippen molar-refractivity contribution in [2.24, 2.45) is 5.73 Å². The largest absolute Gasteiger partial charge is 0.382 e. The van der Waals surface area contributed by atoms with E-state index in [0.717, 1.165) is 19.3 Å². The van der Waals surface area contributed by atoms with E-state index in [-0.39, 0.29) is 12.0 Å². The molecule has 1 aromatic rings. The minimum Gasteiger partial charge on any atom is -0.382 e. The molecule has 20 heavy (non-hydrogen) atoms. The van der Waals surface area contributed by atoms with Gasteiger partial charge in [0.25, 0.3) is 0 Å². The maximum Gasteiger partial charge on any atom is 0.229 e. The highest BCUT2D eigenvalue weighted by Crippen LogP contribution is 2.20. The third-order valence-corrected chi connectivity index (χ3v) is 3.10. The zero-order chi connectivity index (χ0) is 14.8. The molecule has 0 aliphatic carbocycles. The third kappa shape index (κ3) is 6.98. The number of rotatable bonds is 11. The fraction of sp³-hybridized carbons (Fsp3) is 0.857. The van der Waals surface area contributed by atoms with Crippen LogP contribution < -0.4 is 5.73 Å². The summed E-state index contributed by atoms with van der Waals surface area (Å²) in [6.45, 7) is 5.91. The van der Waals surface area contributed by atoms with Crippen molar-refractivity contribution in [2.45, 2.75) is 51.5 Å². The van der Waals surface area contributed by atoms with Gasteiger partial charge >= 0.3 is 0 Å². The number of nitrogens with two attached hydrogens (primary N) is 1. The standard InChI is InChI=1S/C14H27N3O3/c1-11(5-4-6-12(2)15)14-16-13(17-20-14)7-8-19-10-9-18-3/h11-12H,4-10,15H2,1-3H3. The minimum absolute atomic E-state index is 0.254. The van der Waals surface area contributed by atoms with Crippen LogP contribution in [0.15, 0.2) is 4.52 Å². The molecule has 1 rings (SSSR count). The average Bonchev–Trinajstić information content (AvgIpc) is 2.87. The molecule has 116 valence electrons. The van der Waals surface area contributed by atoms with Gasteiger partial charge in [0.15, 0.2) is 5.82 Å². The van der Waals surface area contributed by atoms with E-state index >= 15 is 0 Å². The zero-order valence-electron chi connectivity index (χ0n) is 12.8. The molecule has 0 radical (unpaired) electrons. The Morgan fingerprint density at radius 2 is 2.00 bits per heavy atom. The molecule has 0 saturated carbocycles. The molecule has 0 spiro atoms. The molecule has 0 aromatic carbocycles. The number of methoxy groups -OCH3 is 1. The molecule has 2 unspecified atom stereocenters. The molecule has 2 N–H and O–H groups in total. The van der Waals surface area contributed by atoms with Crippen molar-refractivity contribution in [3.8, 4) is 0 Å². The van der Waals surface area contributed by atoms with E-state index in [9.17, 15) is 0 Å². The summed E-state index contributed by atoms with van der Waals surface area (Å²) >= 11 is 0. The van der Waals surface area contributed by atoms with Crippen LogP contribution in [-0.2, 0) is 15.9 Å². The van der Waals surface area contributed by atoms with Crippen molar-refractivity contribution in [3.63, 3.8) is 0 Å². The van der Waals surface area contributed by atoms with Crippen LogP contribution in [0.4, 0.5) is 0 Å². The first-order valence-electron chi connectivity index (χ1n) is 7.28. The second-order valence-corrected chi connectivity index (χ2v) is 5.21. The maximum atomic E-state index is 5.74. The van der Waals surface area contributed by atoms with Gasteiger partial charge in [0.05, 0.1) is 19.8 Å². The molecule has 1 heterocycles. The lowest BCUT2D eigenvalue weighted by molar-refractivity contribution is 0.0714. The fourth-order valence-corrected chi connectivity index (χ4v) is 1.85. The van der Waals surface area contributed by atoms with Crippen LogP contribution in [0, 0.1) is 0 Å². The highest BCUT2D eigenvalue weighted by Gasteiger charge is 2.14. The molecule has 6 heteroatoms. The second kappa shape index (κ2) is 9.85. The van der Waals surface area contributed by atoms with Crippen molar-refractivity contribution < 1.29 is 14.0 Å². The first kappa shape index (κ1) is 17.1. The lowest BCUT2D eigenvalue weighted by atomic mass is 10.0. The van der Waals surface area contributed by atoms with Gasteiger partial charge in [-0.1, -0.05) is 18.5 Å². The molecular formula is C14H27N3O3. The van der Waals surface area contributed by atoms with Gasteiger partial charge in [-0.15, -0.1) is 0 Å². The summed E-state index contributed by atoms with van der Waals surface area (Å²) < 4.78 is 15.6. The van der Waals surface area contributed by atoms with E-state index < -0.39 is 0 Å². The van der Waals surface area contributed by atoms with Crippen LogP contribution in [0.25, 0.3) is 0 Å². The number of hydrogen-bond donors (Lipinski definition) is 1. The van der Waals surface area contributed by atoms with Gasteiger partial charge in [0, 0.05) is 25.5 Å². The van der Waals surface area contributed by atoms with Gasteiger partial charge in [-0.3, -0.25) is 0 Å². The van der Waals surface area contributed by atoms with Gasteiger partial charge in [0.1, 0.15) is 0 Å². The Balaban J connectivity index is 2.24. The lowest BCUT2D eigenvalue weighted by Crippen LogP contribution is -2.14. The number of hydrogen-bond acceptors (Lipinski definition) is 6. The van der Waals surface area contributed by atoms with E-state index in [4.69, 9.17) is 19.7 Å². The normalized spacial score (nSPS) is 14.4. The van der Waals surface area contributed by atoms with Crippen LogP contribution in [0.1, 0.15) is 50.7 Å². The van der Waals surface area contributed by atoms with Crippen molar-refractivity contribution in [1.29, 1.82) is 0 Å². The van der Waals surface area contributed by atoms with Gasteiger partial charge in [-0.25, -0.2) is 0 Å². The monoisotopic (exact) mass is 285 g/mol. The molecule has 0 bridgehead atoms. The topological polar surface area (TPSA) is 83.4 Å². The van der Waals surface area contributed by atoms with Crippen molar-refractivity contribution in [1.82, 2.24) is 10.1 Å². The molecule has 0 aliphatic heterocycles. The number of aromatic nitrogens is 2. The zero-order valence-corrected chi connectivity index (χ0v) is 12.8. The second-order valence-electron chi connectivity index (χ2n) is 5.21. The summed E-state index contributed by atoms with van der Waals surface area (Å²) in [4.78, 5) is 4.41. The predicted molar refractivity (Wildman–Crippen MR) is 76.6 cm³/mol. The van der Waals surface area contributed by atoms with Crippen LogP contribution in [-0.4, -0.2) is 43.1 Å². The lowest BCUT2D eigenvalue weighted by Gasteiger charge is -2.07. The SMILES string of the molecule is COCCOCCc1noc(C(C)CCCC(C)N)n1. The highest BCUT2D eigenvalue weighted by molar-refractivity contribution is 4.92. The molecule has 1 aromatic heterocycles. The van der Waals surface area contributed by atoms with Crippen LogP contribution in [0.5, 0.6) is 0 Å². The van der Waals surface area contributed by atoms with Gasteiger partial charge in [-0.2, -0.15) is 4.98 Å². The van der Waals surface area contributed by atoms with Gasteiger partial charge in [-0.05, 0) is 19.8 Å². The fourth-order valence-electron chi connectivity index (χ4n) is 1.85. The summed E-state index contributed by atoms with van der Waals surface area (Å²) in [7, 11) is 1.65. The Labute approximate surface area is 121 Å². The summed E-state index contributed by atoms with van der Waals surface area (Å²) in [6.07, 6.45) is 3.79. The molecule has 0 fully saturated rings. The van der Waals surface area contributed by atoms with E-state index in [1.807, 2.05) is 6.92 Å². The van der Waals surface area contributed by atoms with Crippen LogP contribution in [0.2, 0.25) is 0 Å². The Bertz CT molecular complexity index is 355. The Morgan fingerprint density at radius 1 is 1.20 bits per heavy atom. The summed E-state index contributed by atoms with van der Waals surface area (Å²) in [5.74, 6) is 1.70. The first-order chi connectivity index (χ1) is 9.63. The molecule has 0 amide bonds. The molecule has 0 aliphatic rings. The molecule has 2 atom stereocenters. The van der Waals surface area contributed by atoms with Gasteiger partial charge in [0.2, 0.25) is 5.89 Å². The molecule has 0 saturated heterocycles. The summed E-state index contributed by atoms with van der Waals surface area (Å²) in [5.41, 5.74) is 5.74. The maximum absolute atomic E-state index is 5.74. The predicted octanol–water partition coefficient (Wildman–Crippen LogP) is 1.90. The average molecular weight is 285 g/mol.